The van der Waals surface area contributed by atoms with Crippen molar-refractivity contribution in [2.75, 3.05) is 18.0 Å². The molecule has 0 bridgehead atoms. The van der Waals surface area contributed by atoms with Crippen molar-refractivity contribution in [3.05, 3.63) is 23.0 Å². The molecule has 0 saturated carbocycles. The van der Waals surface area contributed by atoms with Gasteiger partial charge >= 0.3 is 0 Å². The molecule has 4 heteroatoms. The third-order valence-electron chi connectivity index (χ3n) is 3.45. The summed E-state index contributed by atoms with van der Waals surface area (Å²) in [4.78, 5) is 6.37. The van der Waals surface area contributed by atoms with Gasteiger partial charge in [0.2, 0.25) is 0 Å². The Labute approximate surface area is 108 Å². The van der Waals surface area contributed by atoms with Crippen LogP contribution >= 0.6 is 0 Å². The summed E-state index contributed by atoms with van der Waals surface area (Å²) in [5.41, 5.74) is 2.63. The Morgan fingerprint density at radius 2 is 2.17 bits per heavy atom. The molecular weight excluding hydrogens is 226 g/mol. The van der Waals surface area contributed by atoms with Crippen LogP contribution in [0.1, 0.15) is 36.7 Å². The van der Waals surface area contributed by atoms with Gasteiger partial charge in [0.25, 0.3) is 0 Å². The zero-order chi connectivity index (χ0) is 13.3. The molecule has 1 aliphatic heterocycles. The summed E-state index contributed by atoms with van der Waals surface area (Å²) in [7, 11) is 0. The molecule has 1 fully saturated rings. The summed E-state index contributed by atoms with van der Waals surface area (Å²) in [6, 6.07) is 4.14. The Balaban J connectivity index is 2.24. The quantitative estimate of drug-likeness (QED) is 0.883. The molecule has 1 N–H and O–H groups in total. The predicted octanol–water partition coefficient (Wildman–Crippen LogP) is 1.92. The van der Waals surface area contributed by atoms with Crippen LogP contribution in [-0.4, -0.2) is 28.8 Å². The van der Waals surface area contributed by atoms with Gasteiger partial charge in [0.1, 0.15) is 6.07 Å². The Bertz CT molecular complexity index is 498. The van der Waals surface area contributed by atoms with Crippen molar-refractivity contribution in [2.24, 2.45) is 0 Å². The van der Waals surface area contributed by atoms with Gasteiger partial charge in [0.05, 0.1) is 22.5 Å². The molecule has 18 heavy (non-hydrogen) atoms. The number of pyridine rings is 1. The van der Waals surface area contributed by atoms with Crippen LogP contribution in [0.15, 0.2) is 6.07 Å². The third kappa shape index (κ3) is 2.19. The second-order valence-corrected chi connectivity index (χ2v) is 5.19. The van der Waals surface area contributed by atoms with Gasteiger partial charge < -0.3 is 10.0 Å². The molecule has 1 aromatic heterocycles. The Morgan fingerprint density at radius 1 is 1.50 bits per heavy atom. The molecule has 0 spiro atoms. The standard InChI is InChI=1S/C14H19N3O/c1-4-5-14(18)8-17(9-14)13-6-10(2)16-11(3)12(13)7-15/h6,18H,4-5,8-9H2,1-3H3. The minimum absolute atomic E-state index is 0.577. The fraction of sp³-hybridized carbons (Fsp3) is 0.571. The molecule has 0 aliphatic carbocycles. The predicted molar refractivity (Wildman–Crippen MR) is 70.5 cm³/mol. The molecule has 2 heterocycles. The maximum absolute atomic E-state index is 10.2. The smallest absolute Gasteiger partial charge is 0.103 e. The van der Waals surface area contributed by atoms with Gasteiger partial charge in [-0.1, -0.05) is 13.3 Å². The average Bonchev–Trinajstić information content (AvgIpc) is 2.25. The van der Waals surface area contributed by atoms with Crippen molar-refractivity contribution in [3.63, 3.8) is 0 Å². The minimum atomic E-state index is -0.577. The molecule has 0 amide bonds. The second-order valence-electron chi connectivity index (χ2n) is 5.19. The number of nitriles is 1. The molecule has 1 aliphatic rings. The summed E-state index contributed by atoms with van der Waals surface area (Å²) in [6.45, 7) is 7.07. The van der Waals surface area contributed by atoms with E-state index in [1.165, 1.54) is 0 Å². The van der Waals surface area contributed by atoms with Crippen molar-refractivity contribution in [1.29, 1.82) is 5.26 Å². The van der Waals surface area contributed by atoms with E-state index in [1.807, 2.05) is 19.9 Å². The topological polar surface area (TPSA) is 60.1 Å². The van der Waals surface area contributed by atoms with Gasteiger partial charge in [-0.2, -0.15) is 5.26 Å². The maximum Gasteiger partial charge on any atom is 0.103 e. The molecule has 4 nitrogen and oxygen atoms in total. The third-order valence-corrected chi connectivity index (χ3v) is 3.45. The van der Waals surface area contributed by atoms with Gasteiger partial charge in [-0.25, -0.2) is 0 Å². The van der Waals surface area contributed by atoms with Crippen molar-refractivity contribution in [1.82, 2.24) is 4.98 Å². The molecule has 0 unspecified atom stereocenters. The number of aromatic nitrogens is 1. The summed E-state index contributed by atoms with van der Waals surface area (Å²) >= 11 is 0. The number of anilines is 1. The molecule has 2 rings (SSSR count). The highest BCUT2D eigenvalue weighted by atomic mass is 16.3. The first-order chi connectivity index (χ1) is 8.49. The molecule has 0 radical (unpaired) electrons. The molecule has 1 aromatic rings. The summed E-state index contributed by atoms with van der Waals surface area (Å²) in [5, 5.41) is 19.4. The minimum Gasteiger partial charge on any atom is -0.386 e. The van der Waals surface area contributed by atoms with Crippen LogP contribution in [0.5, 0.6) is 0 Å². The van der Waals surface area contributed by atoms with Gasteiger partial charge in [-0.05, 0) is 26.3 Å². The molecule has 1 saturated heterocycles. The van der Waals surface area contributed by atoms with Crippen molar-refractivity contribution >= 4 is 5.69 Å². The number of rotatable bonds is 3. The first kappa shape index (κ1) is 12.8. The second kappa shape index (κ2) is 4.58. The highest BCUT2D eigenvalue weighted by molar-refractivity contribution is 5.63. The summed E-state index contributed by atoms with van der Waals surface area (Å²) in [6.07, 6.45) is 1.79. The monoisotopic (exact) mass is 245 g/mol. The number of aryl methyl sites for hydroxylation is 2. The zero-order valence-corrected chi connectivity index (χ0v) is 11.2. The van der Waals surface area contributed by atoms with Crippen molar-refractivity contribution in [2.45, 2.75) is 39.2 Å². The van der Waals surface area contributed by atoms with Crippen molar-refractivity contribution in [3.8, 4) is 6.07 Å². The van der Waals surface area contributed by atoms with E-state index in [1.54, 1.807) is 0 Å². The van der Waals surface area contributed by atoms with E-state index in [9.17, 15) is 10.4 Å². The van der Waals surface area contributed by atoms with E-state index in [0.29, 0.717) is 18.7 Å². The number of nitrogens with zero attached hydrogens (tertiary/aromatic N) is 3. The lowest BCUT2D eigenvalue weighted by Gasteiger charge is -2.48. The lowest BCUT2D eigenvalue weighted by Crippen LogP contribution is -2.62. The van der Waals surface area contributed by atoms with Crippen LogP contribution in [0.3, 0.4) is 0 Å². The maximum atomic E-state index is 10.2. The molecule has 0 atom stereocenters. The SMILES string of the molecule is CCCC1(O)CN(c2cc(C)nc(C)c2C#N)C1. The highest BCUT2D eigenvalue weighted by Crippen LogP contribution is 2.33. The van der Waals surface area contributed by atoms with E-state index in [-0.39, 0.29) is 0 Å². The van der Waals surface area contributed by atoms with Gasteiger partial charge in [-0.15, -0.1) is 0 Å². The van der Waals surface area contributed by atoms with Gasteiger partial charge in [0, 0.05) is 18.8 Å². The van der Waals surface area contributed by atoms with E-state index < -0.39 is 5.60 Å². The number of hydrogen-bond acceptors (Lipinski definition) is 4. The molecular formula is C14H19N3O. The fourth-order valence-corrected chi connectivity index (χ4v) is 2.65. The van der Waals surface area contributed by atoms with Gasteiger partial charge in [0.15, 0.2) is 0 Å². The Morgan fingerprint density at radius 3 is 2.72 bits per heavy atom. The van der Waals surface area contributed by atoms with E-state index in [0.717, 1.165) is 29.9 Å². The number of β-amino-alcohol motifs (C(OH)–C–C–N with tert-alkyl or cyclic N) is 1. The lowest BCUT2D eigenvalue weighted by atomic mass is 9.88. The van der Waals surface area contributed by atoms with Crippen LogP contribution in [0.25, 0.3) is 0 Å². The van der Waals surface area contributed by atoms with Crippen LogP contribution < -0.4 is 4.90 Å². The number of hydrogen-bond donors (Lipinski definition) is 1. The average molecular weight is 245 g/mol. The van der Waals surface area contributed by atoms with Crippen LogP contribution in [0, 0.1) is 25.2 Å². The van der Waals surface area contributed by atoms with Crippen molar-refractivity contribution < 1.29 is 5.11 Å². The summed E-state index contributed by atoms with van der Waals surface area (Å²) in [5.74, 6) is 0. The largest absolute Gasteiger partial charge is 0.386 e. The van der Waals surface area contributed by atoms with Gasteiger partial charge in [-0.3, -0.25) is 4.98 Å². The lowest BCUT2D eigenvalue weighted by molar-refractivity contribution is 0.00335. The summed E-state index contributed by atoms with van der Waals surface area (Å²) < 4.78 is 0. The fourth-order valence-electron chi connectivity index (χ4n) is 2.65. The Hall–Kier alpha value is -1.60. The van der Waals surface area contributed by atoms with Crippen LogP contribution in [0.2, 0.25) is 0 Å². The Kier molecular flexibility index (Phi) is 3.27. The first-order valence-electron chi connectivity index (χ1n) is 6.35. The number of aliphatic hydroxyl groups is 1. The molecule has 0 aromatic carbocycles. The molecule has 96 valence electrons. The zero-order valence-electron chi connectivity index (χ0n) is 11.2. The van der Waals surface area contributed by atoms with Crippen LogP contribution in [-0.2, 0) is 0 Å². The highest BCUT2D eigenvalue weighted by Gasteiger charge is 2.41. The normalized spacial score (nSPS) is 17.2. The van der Waals surface area contributed by atoms with Crippen LogP contribution in [0.4, 0.5) is 5.69 Å². The first-order valence-corrected chi connectivity index (χ1v) is 6.35. The van der Waals surface area contributed by atoms with E-state index in [2.05, 4.69) is 22.9 Å². The van der Waals surface area contributed by atoms with E-state index >= 15 is 0 Å². The van der Waals surface area contributed by atoms with E-state index in [4.69, 9.17) is 0 Å².